The van der Waals surface area contributed by atoms with Crippen LogP contribution < -0.4 is 15.4 Å². The fourth-order valence-electron chi connectivity index (χ4n) is 5.12. The maximum atomic E-state index is 13.3. The number of amides is 2. The normalized spacial score (nSPS) is 16.1. The van der Waals surface area contributed by atoms with Crippen molar-refractivity contribution in [1.82, 2.24) is 15.2 Å². The molecule has 0 atom stereocenters. The number of aromatic nitrogens is 1. The van der Waals surface area contributed by atoms with E-state index in [1.165, 1.54) is 35.6 Å². The summed E-state index contributed by atoms with van der Waals surface area (Å²) in [6, 6.07) is 17.3. The number of nitrogens with one attached hydrogen (secondary N) is 2. The topological polar surface area (TPSA) is 118 Å². The summed E-state index contributed by atoms with van der Waals surface area (Å²) >= 11 is 1.48. The van der Waals surface area contributed by atoms with Crippen molar-refractivity contribution in [1.29, 1.82) is 0 Å². The van der Waals surface area contributed by atoms with E-state index in [2.05, 4.69) is 34.4 Å². The molecule has 1 aromatic heterocycles. The van der Waals surface area contributed by atoms with E-state index in [9.17, 15) is 18.0 Å². The minimum atomic E-state index is -3.96. The minimum absolute atomic E-state index is 0.0383. The van der Waals surface area contributed by atoms with Gasteiger partial charge in [0.05, 0.1) is 27.6 Å². The quantitative estimate of drug-likeness (QED) is 0.308. The van der Waals surface area contributed by atoms with Crippen LogP contribution in [0.4, 0.5) is 5.69 Å². The number of thiazole rings is 1. The second-order valence-electron chi connectivity index (χ2n) is 10.7. The Morgan fingerprint density at radius 3 is 2.57 bits per heavy atom. The molecule has 2 aliphatic heterocycles. The molecule has 3 aromatic carbocycles. The third-order valence-corrected chi connectivity index (χ3v) is 10.5. The summed E-state index contributed by atoms with van der Waals surface area (Å²) in [7, 11) is -3.96. The van der Waals surface area contributed by atoms with Gasteiger partial charge in [-0.15, -0.1) is 11.3 Å². The van der Waals surface area contributed by atoms with Gasteiger partial charge in [0.25, 0.3) is 11.8 Å². The molecule has 0 bridgehead atoms. The summed E-state index contributed by atoms with van der Waals surface area (Å²) in [5, 5.41) is 6.42. The van der Waals surface area contributed by atoms with E-state index < -0.39 is 15.7 Å². The molecule has 2 N–H and O–H groups in total. The smallest absolute Gasteiger partial charge is 0.257 e. The Morgan fingerprint density at radius 1 is 1.10 bits per heavy atom. The van der Waals surface area contributed by atoms with Crippen molar-refractivity contribution in [2.75, 3.05) is 18.4 Å². The Hall–Kier alpha value is -4.06. The Morgan fingerprint density at radius 2 is 1.83 bits per heavy atom. The fraction of sp³-hybridized carbons (Fsp3) is 0.258. The third kappa shape index (κ3) is 5.19. The first kappa shape index (κ1) is 28.1. The van der Waals surface area contributed by atoms with E-state index in [-0.39, 0.29) is 45.2 Å². The van der Waals surface area contributed by atoms with Gasteiger partial charge < -0.3 is 15.4 Å². The van der Waals surface area contributed by atoms with Crippen molar-refractivity contribution in [2.45, 2.75) is 49.3 Å². The van der Waals surface area contributed by atoms with Gasteiger partial charge in [-0.2, -0.15) is 0 Å². The molecule has 2 aliphatic rings. The van der Waals surface area contributed by atoms with Crippen LogP contribution in [0.15, 0.2) is 76.7 Å². The molecule has 0 saturated carbocycles. The van der Waals surface area contributed by atoms with Crippen LogP contribution in [-0.2, 0) is 16.4 Å². The average molecular weight is 603 g/mol. The van der Waals surface area contributed by atoms with Gasteiger partial charge in [0.1, 0.15) is 16.9 Å². The van der Waals surface area contributed by atoms with Crippen molar-refractivity contribution in [2.24, 2.45) is 0 Å². The summed E-state index contributed by atoms with van der Waals surface area (Å²) in [5.74, 6) is -0.0847. The first-order valence-electron chi connectivity index (χ1n) is 13.6. The van der Waals surface area contributed by atoms with E-state index in [4.69, 9.17) is 4.74 Å². The number of benzene rings is 3. The molecule has 1 fully saturated rings. The molecule has 2 amide bonds. The number of hydrogen-bond acceptors (Lipinski definition) is 8. The fourth-order valence-corrected chi connectivity index (χ4v) is 7.64. The van der Waals surface area contributed by atoms with E-state index in [1.807, 2.05) is 24.3 Å². The van der Waals surface area contributed by atoms with E-state index in [0.29, 0.717) is 11.6 Å². The molecule has 1 saturated heterocycles. The van der Waals surface area contributed by atoms with Gasteiger partial charge in [0, 0.05) is 41.3 Å². The molecule has 3 heterocycles. The SMILES string of the molecule is Cc1c(C(=O)NCc2cnc(-c3ccc(OC4CN(C(C)C)C4)cc3)s2)ccc2c1NC(=O)c1ccccc1S2(=O)=O. The lowest BCUT2D eigenvalue weighted by Gasteiger charge is -2.41. The molecular weight excluding hydrogens is 572 g/mol. The van der Waals surface area contributed by atoms with E-state index >= 15 is 0 Å². The van der Waals surface area contributed by atoms with E-state index in [1.54, 1.807) is 25.3 Å². The van der Waals surface area contributed by atoms with Gasteiger partial charge in [0.2, 0.25) is 9.84 Å². The van der Waals surface area contributed by atoms with Crippen LogP contribution in [-0.4, -0.2) is 55.4 Å². The lowest BCUT2D eigenvalue weighted by Crippen LogP contribution is -2.56. The summed E-state index contributed by atoms with van der Waals surface area (Å²) in [6.45, 7) is 8.12. The van der Waals surface area contributed by atoms with Crippen LogP contribution >= 0.6 is 11.3 Å². The lowest BCUT2D eigenvalue weighted by atomic mass is 10.1. The first-order valence-corrected chi connectivity index (χ1v) is 15.9. The molecule has 4 aromatic rings. The van der Waals surface area contributed by atoms with Gasteiger partial charge in [-0.25, -0.2) is 13.4 Å². The van der Waals surface area contributed by atoms with Crippen molar-refractivity contribution < 1.29 is 22.7 Å². The molecule has 6 rings (SSSR count). The Balaban J connectivity index is 1.12. The summed E-state index contributed by atoms with van der Waals surface area (Å²) in [4.78, 5) is 33.7. The number of fused-ring (bicyclic) bond motifs is 2. The summed E-state index contributed by atoms with van der Waals surface area (Å²) < 4.78 is 32.7. The highest BCUT2D eigenvalue weighted by Gasteiger charge is 2.33. The first-order chi connectivity index (χ1) is 20.1. The molecule has 0 spiro atoms. The maximum absolute atomic E-state index is 13.3. The lowest BCUT2D eigenvalue weighted by molar-refractivity contribution is 0.000159. The van der Waals surface area contributed by atoms with E-state index in [0.717, 1.165) is 34.3 Å². The number of likely N-dealkylation sites (tertiary alicyclic amines) is 1. The summed E-state index contributed by atoms with van der Waals surface area (Å²) in [6.07, 6.45) is 1.95. The standard InChI is InChI=1S/C31H30N4O5S2/c1-18(2)35-16-22(17-35)40-21-10-8-20(9-11-21)31-33-15-23(41-31)14-32-29(36)24-12-13-27-28(19(24)3)34-30(37)25-6-4-5-7-26(25)42(27,38)39/h4-13,15,18,22H,14,16-17H2,1-3H3,(H,32,36)(H,34,37). The number of nitrogens with zero attached hydrogens (tertiary/aromatic N) is 2. The molecule has 0 unspecified atom stereocenters. The highest BCUT2D eigenvalue weighted by atomic mass is 32.2. The third-order valence-electron chi connectivity index (χ3n) is 7.61. The molecule has 9 nitrogen and oxygen atoms in total. The summed E-state index contributed by atoms with van der Waals surface area (Å²) in [5.41, 5.74) is 1.80. The Bertz CT molecular complexity index is 1790. The zero-order valence-corrected chi connectivity index (χ0v) is 25.0. The number of anilines is 1. The molecular formula is C31H30N4O5S2. The predicted octanol–water partition coefficient (Wildman–Crippen LogP) is 4.92. The zero-order valence-electron chi connectivity index (χ0n) is 23.4. The minimum Gasteiger partial charge on any atom is -0.488 e. The number of ether oxygens (including phenoxy) is 1. The van der Waals surface area contributed by atoms with Crippen LogP contribution in [0.2, 0.25) is 0 Å². The van der Waals surface area contributed by atoms with Crippen LogP contribution in [0.25, 0.3) is 10.6 Å². The molecule has 11 heteroatoms. The number of carbonyl (C=O) groups excluding carboxylic acids is 2. The predicted molar refractivity (Wildman–Crippen MR) is 161 cm³/mol. The Kier molecular flexibility index (Phi) is 7.34. The molecule has 0 aliphatic carbocycles. The number of sulfone groups is 1. The van der Waals surface area contributed by atoms with Crippen molar-refractivity contribution in [3.63, 3.8) is 0 Å². The number of hydrogen-bond donors (Lipinski definition) is 2. The number of rotatable bonds is 7. The van der Waals surface area contributed by atoms with Crippen LogP contribution in [0.1, 0.15) is 45.0 Å². The van der Waals surface area contributed by atoms with Crippen LogP contribution in [0.3, 0.4) is 0 Å². The Labute approximate surface area is 248 Å². The highest BCUT2D eigenvalue weighted by Crippen LogP contribution is 2.37. The van der Waals surface area contributed by atoms with Gasteiger partial charge in [-0.1, -0.05) is 12.1 Å². The van der Waals surface area contributed by atoms with Crippen molar-refractivity contribution >= 4 is 38.7 Å². The maximum Gasteiger partial charge on any atom is 0.257 e. The largest absolute Gasteiger partial charge is 0.488 e. The highest BCUT2D eigenvalue weighted by molar-refractivity contribution is 7.91. The van der Waals surface area contributed by atoms with Gasteiger partial charge in [-0.05, 0) is 74.9 Å². The monoisotopic (exact) mass is 602 g/mol. The van der Waals surface area contributed by atoms with Crippen molar-refractivity contribution in [3.8, 4) is 16.3 Å². The molecule has 216 valence electrons. The molecule has 0 radical (unpaired) electrons. The zero-order chi connectivity index (χ0) is 29.6. The average Bonchev–Trinajstić information content (AvgIpc) is 3.40. The van der Waals surface area contributed by atoms with Crippen molar-refractivity contribution in [3.05, 3.63) is 88.4 Å². The molecule has 42 heavy (non-hydrogen) atoms. The second kappa shape index (κ2) is 11.0. The number of carbonyl (C=O) groups is 2. The van der Waals surface area contributed by atoms with Gasteiger partial charge in [-0.3, -0.25) is 14.5 Å². The van der Waals surface area contributed by atoms with Gasteiger partial charge >= 0.3 is 0 Å². The van der Waals surface area contributed by atoms with Gasteiger partial charge in [0.15, 0.2) is 0 Å². The second-order valence-corrected chi connectivity index (χ2v) is 13.7. The van der Waals surface area contributed by atoms with Crippen LogP contribution in [0, 0.1) is 6.92 Å². The van der Waals surface area contributed by atoms with Crippen LogP contribution in [0.5, 0.6) is 5.75 Å².